The third-order valence-electron chi connectivity index (χ3n) is 2.14. The van der Waals surface area contributed by atoms with E-state index >= 15 is 0 Å². The van der Waals surface area contributed by atoms with Crippen LogP contribution in [0.25, 0.3) is 0 Å². The van der Waals surface area contributed by atoms with Crippen molar-refractivity contribution in [3.63, 3.8) is 0 Å². The summed E-state index contributed by atoms with van der Waals surface area (Å²) in [5, 5.41) is 1.95. The Morgan fingerprint density at radius 2 is 1.94 bits per heavy atom. The van der Waals surface area contributed by atoms with E-state index in [1.807, 2.05) is 11.4 Å². The van der Waals surface area contributed by atoms with E-state index in [0.29, 0.717) is 0 Å². The third-order valence-corrected chi connectivity index (χ3v) is 2.14. The third kappa shape index (κ3) is 6.47. The lowest BCUT2D eigenvalue weighted by Gasteiger charge is -2.06. The molecule has 0 heterocycles. The number of amides is 3. The van der Waals surface area contributed by atoms with Crippen molar-refractivity contribution in [2.75, 3.05) is 0 Å². The maximum absolute atomic E-state index is 11.4. The van der Waals surface area contributed by atoms with Gasteiger partial charge in [-0.05, 0) is 6.42 Å². The molecule has 3 amide bonds. The van der Waals surface area contributed by atoms with Crippen molar-refractivity contribution in [1.82, 2.24) is 10.7 Å². The fourth-order valence-electron chi connectivity index (χ4n) is 1.06. The van der Waals surface area contributed by atoms with Crippen LogP contribution in [-0.2, 0) is 14.4 Å². The van der Waals surface area contributed by atoms with Gasteiger partial charge in [0.05, 0.1) is 5.92 Å². The van der Waals surface area contributed by atoms with Crippen LogP contribution in [0.3, 0.4) is 0 Å². The number of imide groups is 1. The van der Waals surface area contributed by atoms with E-state index < -0.39 is 23.6 Å². The first-order valence-corrected chi connectivity index (χ1v) is 5.55. The highest BCUT2D eigenvalue weighted by molar-refractivity contribution is 6.37. The first-order chi connectivity index (χ1) is 8.02. The summed E-state index contributed by atoms with van der Waals surface area (Å²) in [4.78, 5) is 33.2. The minimum Gasteiger partial charge on any atom is -0.288 e. The summed E-state index contributed by atoms with van der Waals surface area (Å²) < 4.78 is 0. The molecule has 0 aromatic rings. The van der Waals surface area contributed by atoms with Crippen LogP contribution in [0.4, 0.5) is 0 Å². The first-order valence-electron chi connectivity index (χ1n) is 5.55. The number of allylic oxidation sites excluding steroid dienone is 1. The molecule has 0 bridgehead atoms. The Morgan fingerprint density at radius 1 is 1.29 bits per heavy atom. The highest BCUT2D eigenvalue weighted by Gasteiger charge is 2.18. The maximum Gasteiger partial charge on any atom is 0.323 e. The molecule has 0 radical (unpaired) electrons. The molecule has 96 valence electrons. The Morgan fingerprint density at radius 3 is 2.47 bits per heavy atom. The van der Waals surface area contributed by atoms with E-state index in [0.717, 1.165) is 19.3 Å². The van der Waals surface area contributed by atoms with Gasteiger partial charge in [0.15, 0.2) is 0 Å². The van der Waals surface area contributed by atoms with E-state index in [4.69, 9.17) is 5.84 Å². The normalized spacial score (nSPS) is 12.2. The summed E-state index contributed by atoms with van der Waals surface area (Å²) in [6, 6.07) is 0. The second-order valence-corrected chi connectivity index (χ2v) is 3.65. The Labute approximate surface area is 101 Å². The van der Waals surface area contributed by atoms with E-state index in [-0.39, 0.29) is 0 Å². The van der Waals surface area contributed by atoms with Crippen molar-refractivity contribution in [2.45, 2.75) is 33.1 Å². The van der Waals surface area contributed by atoms with E-state index in [2.05, 4.69) is 6.92 Å². The number of nitrogens with one attached hydrogen (secondary N) is 2. The molecule has 0 aliphatic heterocycles. The predicted molar refractivity (Wildman–Crippen MR) is 63.3 cm³/mol. The average molecular weight is 241 g/mol. The van der Waals surface area contributed by atoms with Crippen LogP contribution >= 0.6 is 0 Å². The van der Waals surface area contributed by atoms with Crippen LogP contribution in [0.15, 0.2) is 12.2 Å². The van der Waals surface area contributed by atoms with Gasteiger partial charge in [0.2, 0.25) is 5.91 Å². The standard InChI is InChI=1S/C11H19N3O3/c1-3-4-5-6-7-8(2)9(15)13-10(16)11(17)14-12/h6-8H,3-5,12H2,1-2H3,(H,14,17)(H,13,15,16). The van der Waals surface area contributed by atoms with Crippen LogP contribution in [0.2, 0.25) is 0 Å². The average Bonchev–Trinajstić information content (AvgIpc) is 2.32. The molecular formula is C11H19N3O3. The SMILES string of the molecule is CCCCC=CC(C)C(=O)NC(=O)C(=O)NN. The second kappa shape index (κ2) is 8.46. The number of carbonyl (C=O) groups excluding carboxylic acids is 3. The molecule has 1 unspecified atom stereocenters. The van der Waals surface area contributed by atoms with Gasteiger partial charge in [-0.2, -0.15) is 0 Å². The minimum absolute atomic E-state index is 0.457. The van der Waals surface area contributed by atoms with Crippen LogP contribution in [0, 0.1) is 5.92 Å². The minimum atomic E-state index is -1.05. The van der Waals surface area contributed by atoms with Gasteiger partial charge in [0.1, 0.15) is 0 Å². The van der Waals surface area contributed by atoms with Gasteiger partial charge < -0.3 is 0 Å². The number of nitrogens with two attached hydrogens (primary N) is 1. The number of hydrazine groups is 1. The molecule has 0 aliphatic rings. The van der Waals surface area contributed by atoms with E-state index in [1.165, 1.54) is 0 Å². The molecule has 1 atom stereocenters. The van der Waals surface area contributed by atoms with Gasteiger partial charge in [0, 0.05) is 0 Å². The fourth-order valence-corrected chi connectivity index (χ4v) is 1.06. The monoisotopic (exact) mass is 241 g/mol. The zero-order chi connectivity index (χ0) is 13.3. The maximum atomic E-state index is 11.4. The summed E-state index contributed by atoms with van der Waals surface area (Å²) in [6.45, 7) is 3.72. The lowest BCUT2D eigenvalue weighted by Crippen LogP contribution is -2.46. The Balaban J connectivity index is 4.09. The summed E-state index contributed by atoms with van der Waals surface area (Å²) in [5.41, 5.74) is 1.65. The van der Waals surface area contributed by atoms with Gasteiger partial charge in [-0.1, -0.05) is 38.8 Å². The summed E-state index contributed by atoms with van der Waals surface area (Å²) in [6.07, 6.45) is 6.63. The van der Waals surface area contributed by atoms with Crippen molar-refractivity contribution in [1.29, 1.82) is 0 Å². The van der Waals surface area contributed by atoms with Crippen molar-refractivity contribution < 1.29 is 14.4 Å². The van der Waals surface area contributed by atoms with Gasteiger partial charge in [-0.25, -0.2) is 5.84 Å². The molecule has 6 heteroatoms. The fraction of sp³-hybridized carbons (Fsp3) is 0.545. The van der Waals surface area contributed by atoms with Gasteiger partial charge in [0.25, 0.3) is 0 Å². The molecule has 0 saturated carbocycles. The topological polar surface area (TPSA) is 101 Å². The van der Waals surface area contributed by atoms with Crippen LogP contribution < -0.4 is 16.6 Å². The molecule has 0 spiro atoms. The zero-order valence-corrected chi connectivity index (χ0v) is 10.2. The molecular weight excluding hydrogens is 222 g/mol. The highest BCUT2D eigenvalue weighted by Crippen LogP contribution is 2.01. The Kier molecular flexibility index (Phi) is 7.62. The summed E-state index contributed by atoms with van der Waals surface area (Å²) in [7, 11) is 0. The summed E-state index contributed by atoms with van der Waals surface area (Å²) in [5.74, 6) is 1.68. The van der Waals surface area contributed by atoms with Gasteiger partial charge in [-0.3, -0.25) is 25.1 Å². The quantitative estimate of drug-likeness (QED) is 0.157. The lowest BCUT2D eigenvalue weighted by atomic mass is 10.1. The number of hydrogen-bond donors (Lipinski definition) is 3. The van der Waals surface area contributed by atoms with Gasteiger partial charge in [-0.15, -0.1) is 0 Å². The molecule has 0 aromatic carbocycles. The number of hydrogen-bond acceptors (Lipinski definition) is 4. The molecule has 17 heavy (non-hydrogen) atoms. The molecule has 0 rings (SSSR count). The molecule has 6 nitrogen and oxygen atoms in total. The Hall–Kier alpha value is -1.69. The first kappa shape index (κ1) is 15.3. The predicted octanol–water partition coefficient (Wildman–Crippen LogP) is 0.00160. The number of rotatable bonds is 5. The van der Waals surface area contributed by atoms with Crippen molar-refractivity contribution in [2.24, 2.45) is 11.8 Å². The molecule has 0 aromatic heterocycles. The largest absolute Gasteiger partial charge is 0.323 e. The molecule has 0 fully saturated rings. The van der Waals surface area contributed by atoms with Crippen molar-refractivity contribution in [3.8, 4) is 0 Å². The molecule has 4 N–H and O–H groups in total. The van der Waals surface area contributed by atoms with Crippen molar-refractivity contribution >= 4 is 17.7 Å². The number of unbranched alkanes of at least 4 members (excludes halogenated alkanes) is 2. The molecule has 0 aliphatic carbocycles. The van der Waals surface area contributed by atoms with E-state index in [9.17, 15) is 14.4 Å². The second-order valence-electron chi connectivity index (χ2n) is 3.65. The lowest BCUT2D eigenvalue weighted by molar-refractivity contribution is -0.142. The van der Waals surface area contributed by atoms with E-state index in [1.54, 1.807) is 18.4 Å². The Bertz CT molecular complexity index is 313. The van der Waals surface area contributed by atoms with Crippen LogP contribution in [0.5, 0.6) is 0 Å². The number of carbonyl (C=O) groups is 3. The zero-order valence-electron chi connectivity index (χ0n) is 10.2. The van der Waals surface area contributed by atoms with Crippen LogP contribution in [-0.4, -0.2) is 17.7 Å². The molecule has 0 saturated heterocycles. The van der Waals surface area contributed by atoms with Crippen molar-refractivity contribution in [3.05, 3.63) is 12.2 Å². The highest BCUT2D eigenvalue weighted by atomic mass is 16.2. The van der Waals surface area contributed by atoms with Crippen LogP contribution in [0.1, 0.15) is 33.1 Å². The van der Waals surface area contributed by atoms with Gasteiger partial charge >= 0.3 is 11.8 Å². The summed E-state index contributed by atoms with van der Waals surface area (Å²) >= 11 is 0. The smallest absolute Gasteiger partial charge is 0.288 e.